The van der Waals surface area contributed by atoms with Crippen molar-refractivity contribution in [2.75, 3.05) is 19.8 Å². The van der Waals surface area contributed by atoms with Gasteiger partial charge in [0.2, 0.25) is 0 Å². The van der Waals surface area contributed by atoms with Gasteiger partial charge in [-0.2, -0.15) is 0 Å². The highest BCUT2D eigenvalue weighted by Crippen LogP contribution is 2.29. The number of rotatable bonds is 5. The number of thiazole rings is 1. The number of amides is 2. The molecule has 1 aromatic rings. The van der Waals surface area contributed by atoms with Crippen LogP contribution >= 0.6 is 11.3 Å². The molecule has 0 radical (unpaired) electrons. The zero-order chi connectivity index (χ0) is 14.4. The number of ether oxygens (including phenoxy) is 1. The van der Waals surface area contributed by atoms with Crippen molar-refractivity contribution in [2.24, 2.45) is 5.41 Å². The van der Waals surface area contributed by atoms with Gasteiger partial charge in [0.25, 0.3) is 0 Å². The lowest BCUT2D eigenvalue weighted by molar-refractivity contribution is -0.154. The van der Waals surface area contributed by atoms with E-state index in [1.165, 1.54) is 11.3 Å². The number of hydrogen-bond donors (Lipinski definition) is 3. The summed E-state index contributed by atoms with van der Waals surface area (Å²) in [5.41, 5.74) is 1.55. The molecule has 8 heteroatoms. The van der Waals surface area contributed by atoms with Crippen LogP contribution in [-0.2, 0) is 16.1 Å². The van der Waals surface area contributed by atoms with Gasteiger partial charge in [-0.05, 0) is 12.8 Å². The minimum absolute atomic E-state index is 0.106. The Labute approximate surface area is 120 Å². The van der Waals surface area contributed by atoms with E-state index in [-0.39, 0.29) is 12.6 Å². The van der Waals surface area contributed by atoms with Crippen LogP contribution in [0, 0.1) is 5.41 Å². The summed E-state index contributed by atoms with van der Waals surface area (Å²) < 4.78 is 5.18. The Morgan fingerprint density at radius 3 is 2.75 bits per heavy atom. The average Bonchev–Trinajstić information content (AvgIpc) is 2.97. The first-order valence-electron chi connectivity index (χ1n) is 6.32. The van der Waals surface area contributed by atoms with E-state index in [2.05, 4.69) is 15.6 Å². The van der Waals surface area contributed by atoms with Crippen molar-refractivity contribution in [3.05, 3.63) is 16.6 Å². The zero-order valence-electron chi connectivity index (χ0n) is 10.9. The minimum atomic E-state index is -0.920. The largest absolute Gasteiger partial charge is 0.481 e. The number of aromatic nitrogens is 1. The fourth-order valence-corrected chi connectivity index (χ4v) is 2.59. The van der Waals surface area contributed by atoms with E-state index in [4.69, 9.17) is 4.74 Å². The Morgan fingerprint density at radius 2 is 2.15 bits per heavy atom. The van der Waals surface area contributed by atoms with Crippen LogP contribution in [0.1, 0.15) is 18.5 Å². The van der Waals surface area contributed by atoms with Crippen molar-refractivity contribution >= 4 is 23.3 Å². The van der Waals surface area contributed by atoms with Gasteiger partial charge in [-0.3, -0.25) is 4.79 Å². The maximum absolute atomic E-state index is 11.7. The van der Waals surface area contributed by atoms with Crippen LogP contribution in [0.3, 0.4) is 0 Å². The van der Waals surface area contributed by atoms with Gasteiger partial charge in [-0.1, -0.05) is 0 Å². The van der Waals surface area contributed by atoms with Crippen molar-refractivity contribution in [1.29, 1.82) is 0 Å². The molecule has 110 valence electrons. The third-order valence-electron chi connectivity index (χ3n) is 3.40. The lowest BCUT2D eigenvalue weighted by atomic mass is 9.80. The van der Waals surface area contributed by atoms with Crippen molar-refractivity contribution in [1.82, 2.24) is 15.6 Å². The quantitative estimate of drug-likeness (QED) is 0.747. The number of urea groups is 1. The highest BCUT2D eigenvalue weighted by Gasteiger charge is 2.40. The van der Waals surface area contributed by atoms with Crippen molar-refractivity contribution in [3.8, 4) is 0 Å². The first kappa shape index (κ1) is 14.7. The fraction of sp³-hybridized carbons (Fsp3) is 0.583. The highest BCUT2D eigenvalue weighted by molar-refractivity contribution is 7.07. The van der Waals surface area contributed by atoms with E-state index < -0.39 is 11.4 Å². The van der Waals surface area contributed by atoms with E-state index in [0.29, 0.717) is 32.6 Å². The second-order valence-electron chi connectivity index (χ2n) is 4.71. The normalized spacial score (nSPS) is 17.4. The van der Waals surface area contributed by atoms with E-state index in [1.807, 2.05) is 5.38 Å². The maximum atomic E-state index is 11.7. The predicted octanol–water partition coefficient (Wildman–Crippen LogP) is 0.824. The van der Waals surface area contributed by atoms with Gasteiger partial charge in [0, 0.05) is 25.1 Å². The Morgan fingerprint density at radius 1 is 1.40 bits per heavy atom. The molecule has 3 N–H and O–H groups in total. The Balaban J connectivity index is 1.80. The summed E-state index contributed by atoms with van der Waals surface area (Å²) in [7, 11) is 0. The number of hydrogen-bond acceptors (Lipinski definition) is 5. The molecule has 20 heavy (non-hydrogen) atoms. The van der Waals surface area contributed by atoms with Gasteiger partial charge >= 0.3 is 12.0 Å². The number of carboxylic acid groups (broad SMARTS) is 1. The van der Waals surface area contributed by atoms with Gasteiger partial charge in [-0.25, -0.2) is 9.78 Å². The summed E-state index contributed by atoms with van der Waals surface area (Å²) in [5.74, 6) is -0.888. The minimum Gasteiger partial charge on any atom is -0.481 e. The molecule has 0 aliphatic carbocycles. The number of aliphatic carboxylic acids is 1. The second kappa shape index (κ2) is 6.67. The summed E-state index contributed by atoms with van der Waals surface area (Å²) in [6.07, 6.45) is 0.823. The van der Waals surface area contributed by atoms with Gasteiger partial charge in [0.1, 0.15) is 0 Å². The van der Waals surface area contributed by atoms with Crippen LogP contribution in [-0.4, -0.2) is 41.8 Å². The van der Waals surface area contributed by atoms with Crippen LogP contribution < -0.4 is 10.6 Å². The molecule has 0 bridgehead atoms. The molecule has 1 fully saturated rings. The molecule has 0 atom stereocenters. The second-order valence-corrected chi connectivity index (χ2v) is 5.43. The summed E-state index contributed by atoms with van der Waals surface area (Å²) >= 11 is 1.46. The average molecular weight is 299 g/mol. The van der Waals surface area contributed by atoms with Gasteiger partial charge < -0.3 is 20.5 Å². The summed E-state index contributed by atoms with van der Waals surface area (Å²) in [4.78, 5) is 27.1. The number of nitrogens with one attached hydrogen (secondary N) is 2. The molecule has 0 saturated carbocycles. The van der Waals surface area contributed by atoms with E-state index in [9.17, 15) is 14.7 Å². The highest BCUT2D eigenvalue weighted by atomic mass is 32.1. The number of carbonyl (C=O) groups is 2. The Hall–Kier alpha value is -1.67. The van der Waals surface area contributed by atoms with Crippen LogP contribution in [0.2, 0.25) is 0 Å². The standard InChI is InChI=1S/C12H17N3O4S/c16-10(17)12(1-3-19-4-2-12)7-14-11(18)13-5-9-6-20-8-15-9/h6,8H,1-5,7H2,(H,16,17)(H2,13,14,18). The van der Waals surface area contributed by atoms with Crippen LogP contribution in [0.5, 0.6) is 0 Å². The van der Waals surface area contributed by atoms with Gasteiger partial charge in [-0.15, -0.1) is 11.3 Å². The maximum Gasteiger partial charge on any atom is 0.315 e. The van der Waals surface area contributed by atoms with E-state index >= 15 is 0 Å². The summed E-state index contributed by atoms with van der Waals surface area (Å²) in [6, 6.07) is -0.384. The lowest BCUT2D eigenvalue weighted by Crippen LogP contribution is -2.48. The van der Waals surface area contributed by atoms with Crippen LogP contribution in [0.25, 0.3) is 0 Å². The van der Waals surface area contributed by atoms with E-state index in [1.54, 1.807) is 5.51 Å². The Kier molecular flexibility index (Phi) is 4.91. The summed E-state index contributed by atoms with van der Waals surface area (Å²) in [6.45, 7) is 1.26. The van der Waals surface area contributed by atoms with E-state index in [0.717, 1.165) is 5.69 Å². The first-order valence-corrected chi connectivity index (χ1v) is 7.27. The Bertz CT molecular complexity index is 457. The molecule has 1 saturated heterocycles. The number of nitrogens with zero attached hydrogens (tertiary/aromatic N) is 1. The molecular weight excluding hydrogens is 282 g/mol. The topological polar surface area (TPSA) is 101 Å². The molecule has 0 spiro atoms. The number of carbonyl (C=O) groups excluding carboxylic acids is 1. The predicted molar refractivity (Wildman–Crippen MR) is 72.5 cm³/mol. The smallest absolute Gasteiger partial charge is 0.315 e. The molecule has 0 aromatic carbocycles. The van der Waals surface area contributed by atoms with Crippen molar-refractivity contribution < 1.29 is 19.4 Å². The van der Waals surface area contributed by atoms with Crippen molar-refractivity contribution in [3.63, 3.8) is 0 Å². The molecule has 0 unspecified atom stereocenters. The lowest BCUT2D eigenvalue weighted by Gasteiger charge is -2.33. The first-order chi connectivity index (χ1) is 9.62. The molecular formula is C12H17N3O4S. The van der Waals surface area contributed by atoms with Gasteiger partial charge in [0.05, 0.1) is 23.2 Å². The van der Waals surface area contributed by atoms with Crippen molar-refractivity contribution in [2.45, 2.75) is 19.4 Å². The van der Waals surface area contributed by atoms with Crippen LogP contribution in [0.15, 0.2) is 10.9 Å². The molecule has 2 amide bonds. The summed E-state index contributed by atoms with van der Waals surface area (Å²) in [5, 5.41) is 16.5. The molecule has 2 heterocycles. The van der Waals surface area contributed by atoms with Gasteiger partial charge in [0.15, 0.2) is 0 Å². The molecule has 1 aromatic heterocycles. The molecule has 7 nitrogen and oxygen atoms in total. The monoisotopic (exact) mass is 299 g/mol. The molecule has 2 rings (SSSR count). The third-order valence-corrected chi connectivity index (χ3v) is 4.04. The third kappa shape index (κ3) is 3.67. The fourth-order valence-electron chi connectivity index (χ4n) is 2.04. The van der Waals surface area contributed by atoms with Crippen LogP contribution in [0.4, 0.5) is 4.79 Å². The number of carboxylic acids is 1. The zero-order valence-corrected chi connectivity index (χ0v) is 11.7. The SMILES string of the molecule is O=C(NCc1cscn1)NCC1(C(=O)O)CCOCC1. The molecule has 1 aliphatic heterocycles. The molecule has 1 aliphatic rings.